The second-order valence-corrected chi connectivity index (χ2v) is 6.84. The molecule has 0 aliphatic heterocycles. The Morgan fingerprint density at radius 2 is 1.61 bits per heavy atom. The number of rotatable bonds is 11. The van der Waals surface area contributed by atoms with Gasteiger partial charge in [0, 0.05) is 33.8 Å². The van der Waals surface area contributed by atoms with Gasteiger partial charge < -0.3 is 30.1 Å². The monoisotopic (exact) mass is 430 g/mol. The van der Waals surface area contributed by atoms with Gasteiger partial charge in [-0.05, 0) is 16.7 Å². The fourth-order valence-electron chi connectivity index (χ4n) is 2.65. The number of benzene rings is 2. The molecule has 0 heterocycles. The zero-order valence-corrected chi connectivity index (χ0v) is 17.8. The molecule has 0 aliphatic rings. The fraction of sp³-hybridized carbons (Fsp3) is 0.364. The smallest absolute Gasteiger partial charge is 0.407 e. The van der Waals surface area contributed by atoms with Crippen LogP contribution in [0.15, 0.2) is 54.6 Å². The number of urea groups is 1. The number of amides is 3. The van der Waals surface area contributed by atoms with E-state index >= 15 is 0 Å². The summed E-state index contributed by atoms with van der Waals surface area (Å²) in [6.07, 6.45) is -1.59. The molecule has 1 atom stereocenters. The van der Waals surface area contributed by atoms with Crippen molar-refractivity contribution in [3.8, 4) is 0 Å². The number of nitrogens with one attached hydrogen (secondary N) is 3. The van der Waals surface area contributed by atoms with E-state index in [0.29, 0.717) is 19.6 Å². The van der Waals surface area contributed by atoms with Gasteiger partial charge in [-0.1, -0.05) is 54.6 Å². The predicted octanol–water partition coefficient (Wildman–Crippen LogP) is 1.77. The van der Waals surface area contributed by atoms with Crippen molar-refractivity contribution in [2.24, 2.45) is 0 Å². The highest BCUT2D eigenvalue weighted by Gasteiger charge is 2.09. The molecule has 0 fully saturated rings. The van der Waals surface area contributed by atoms with Crippen molar-refractivity contribution < 1.29 is 24.2 Å². The summed E-state index contributed by atoms with van der Waals surface area (Å²) >= 11 is 0. The quantitative estimate of drug-likeness (QED) is 0.404. The van der Waals surface area contributed by atoms with E-state index in [2.05, 4.69) is 16.0 Å². The molecule has 0 saturated carbocycles. The van der Waals surface area contributed by atoms with Gasteiger partial charge in [-0.3, -0.25) is 5.32 Å². The van der Waals surface area contributed by atoms with Crippen molar-refractivity contribution >= 4 is 12.1 Å². The van der Waals surface area contributed by atoms with Crippen LogP contribution in [-0.2, 0) is 29.1 Å². The standard InChI is InChI=1S/C22H30N4O5/c1-26(20(27)23-14-17-7-4-3-5-8-17)11-12-31-22(29)25-16-19-10-6-9-18(13-19)15-24-21(28)30-2/h3-10,13,21,24,28H,11-12,14-16H2,1-2H3,(H,23,27)(H,25,29)/t21-/m1/s1. The minimum atomic E-state index is -1.03. The molecule has 2 aromatic rings. The largest absolute Gasteiger partial charge is 0.448 e. The number of hydrogen-bond donors (Lipinski definition) is 4. The maximum atomic E-state index is 12.1. The molecule has 168 valence electrons. The molecule has 9 nitrogen and oxygen atoms in total. The molecule has 0 aromatic heterocycles. The minimum Gasteiger partial charge on any atom is -0.448 e. The SMILES string of the molecule is CO[C@@H](O)NCc1cccc(CNC(=O)OCCN(C)C(=O)NCc2ccccc2)c1. The summed E-state index contributed by atoms with van der Waals surface area (Å²) in [5.74, 6) is 0. The molecular formula is C22H30N4O5. The summed E-state index contributed by atoms with van der Waals surface area (Å²) in [4.78, 5) is 25.4. The lowest BCUT2D eigenvalue weighted by Crippen LogP contribution is -2.39. The van der Waals surface area contributed by atoms with Gasteiger partial charge in [0.1, 0.15) is 6.61 Å². The molecule has 0 saturated heterocycles. The molecule has 0 radical (unpaired) electrons. The van der Waals surface area contributed by atoms with Crippen LogP contribution in [0.5, 0.6) is 0 Å². The lowest BCUT2D eigenvalue weighted by Gasteiger charge is -2.18. The number of methoxy groups -OCH3 is 1. The third-order valence-electron chi connectivity index (χ3n) is 4.43. The Hall–Kier alpha value is -3.14. The van der Waals surface area contributed by atoms with Gasteiger partial charge in [0.25, 0.3) is 0 Å². The average molecular weight is 431 g/mol. The van der Waals surface area contributed by atoms with Crippen LogP contribution in [0.3, 0.4) is 0 Å². The number of carbonyl (C=O) groups excluding carboxylic acids is 2. The first kappa shape index (κ1) is 24.1. The summed E-state index contributed by atoms with van der Waals surface area (Å²) in [5.41, 5.74) is 2.84. The van der Waals surface area contributed by atoms with Crippen molar-refractivity contribution in [1.82, 2.24) is 20.9 Å². The van der Waals surface area contributed by atoms with E-state index in [-0.39, 0.29) is 19.2 Å². The van der Waals surface area contributed by atoms with Gasteiger partial charge in [0.05, 0.1) is 6.54 Å². The lowest BCUT2D eigenvalue weighted by atomic mass is 10.1. The first-order valence-corrected chi connectivity index (χ1v) is 9.93. The van der Waals surface area contributed by atoms with Gasteiger partial charge in [0.2, 0.25) is 6.41 Å². The topological polar surface area (TPSA) is 112 Å². The summed E-state index contributed by atoms with van der Waals surface area (Å²) < 4.78 is 9.86. The number of aliphatic hydroxyl groups excluding tert-OH is 1. The first-order chi connectivity index (χ1) is 15.0. The first-order valence-electron chi connectivity index (χ1n) is 9.93. The maximum Gasteiger partial charge on any atom is 0.407 e. The third-order valence-corrected chi connectivity index (χ3v) is 4.43. The third kappa shape index (κ3) is 9.47. The number of carbonyl (C=O) groups is 2. The van der Waals surface area contributed by atoms with E-state index in [1.165, 1.54) is 12.0 Å². The number of hydrogen-bond acceptors (Lipinski definition) is 6. The molecular weight excluding hydrogens is 400 g/mol. The van der Waals surface area contributed by atoms with Crippen molar-refractivity contribution in [2.75, 3.05) is 27.3 Å². The highest BCUT2D eigenvalue weighted by Crippen LogP contribution is 2.05. The Bertz CT molecular complexity index is 819. The highest BCUT2D eigenvalue weighted by molar-refractivity contribution is 5.73. The van der Waals surface area contributed by atoms with E-state index < -0.39 is 12.5 Å². The molecule has 2 aromatic carbocycles. The van der Waals surface area contributed by atoms with Crippen LogP contribution < -0.4 is 16.0 Å². The van der Waals surface area contributed by atoms with Crippen molar-refractivity contribution in [3.05, 3.63) is 71.3 Å². The summed E-state index contributed by atoms with van der Waals surface area (Å²) in [6.45, 7) is 1.51. The van der Waals surface area contributed by atoms with Crippen LogP contribution in [0.1, 0.15) is 16.7 Å². The molecule has 0 unspecified atom stereocenters. The van der Waals surface area contributed by atoms with Crippen LogP contribution >= 0.6 is 0 Å². The van der Waals surface area contributed by atoms with E-state index in [1.807, 2.05) is 54.6 Å². The number of alkyl carbamates (subject to hydrolysis) is 1. The molecule has 0 spiro atoms. The number of ether oxygens (including phenoxy) is 2. The summed E-state index contributed by atoms with van der Waals surface area (Å²) in [7, 11) is 3.04. The number of likely N-dealkylation sites (N-methyl/N-ethyl adjacent to an activating group) is 1. The van der Waals surface area contributed by atoms with Gasteiger partial charge in [-0.25, -0.2) is 9.59 Å². The van der Waals surface area contributed by atoms with E-state index in [1.54, 1.807) is 7.05 Å². The average Bonchev–Trinajstić information content (AvgIpc) is 2.80. The molecule has 3 amide bonds. The van der Waals surface area contributed by atoms with Crippen molar-refractivity contribution in [2.45, 2.75) is 26.0 Å². The Kier molecular flexibility index (Phi) is 10.3. The Morgan fingerprint density at radius 1 is 0.968 bits per heavy atom. The van der Waals surface area contributed by atoms with Gasteiger partial charge in [0.15, 0.2) is 0 Å². The lowest BCUT2D eigenvalue weighted by molar-refractivity contribution is -0.0978. The van der Waals surface area contributed by atoms with Crippen LogP contribution in [0, 0.1) is 0 Å². The Balaban J connectivity index is 1.63. The van der Waals surface area contributed by atoms with Gasteiger partial charge in [-0.15, -0.1) is 0 Å². The molecule has 0 aliphatic carbocycles. The second kappa shape index (κ2) is 13.2. The van der Waals surface area contributed by atoms with E-state index in [0.717, 1.165) is 16.7 Å². The Morgan fingerprint density at radius 3 is 2.32 bits per heavy atom. The van der Waals surface area contributed by atoms with Crippen LogP contribution in [-0.4, -0.2) is 55.9 Å². The zero-order chi connectivity index (χ0) is 22.5. The normalized spacial score (nSPS) is 11.5. The minimum absolute atomic E-state index is 0.0833. The highest BCUT2D eigenvalue weighted by atomic mass is 16.6. The van der Waals surface area contributed by atoms with Gasteiger partial charge >= 0.3 is 12.1 Å². The van der Waals surface area contributed by atoms with Crippen molar-refractivity contribution in [1.29, 1.82) is 0 Å². The van der Waals surface area contributed by atoms with Crippen molar-refractivity contribution in [3.63, 3.8) is 0 Å². The number of aliphatic hydroxyl groups is 1. The maximum absolute atomic E-state index is 12.1. The molecule has 4 N–H and O–H groups in total. The molecule has 2 rings (SSSR count). The van der Waals surface area contributed by atoms with E-state index in [9.17, 15) is 14.7 Å². The van der Waals surface area contributed by atoms with Crippen LogP contribution in [0.2, 0.25) is 0 Å². The van der Waals surface area contributed by atoms with E-state index in [4.69, 9.17) is 9.47 Å². The van der Waals surface area contributed by atoms with Crippen LogP contribution in [0.4, 0.5) is 9.59 Å². The molecule has 9 heteroatoms. The predicted molar refractivity (Wildman–Crippen MR) is 116 cm³/mol. The molecule has 0 bridgehead atoms. The molecule has 31 heavy (non-hydrogen) atoms. The summed E-state index contributed by atoms with van der Waals surface area (Å²) in [5, 5.41) is 17.6. The summed E-state index contributed by atoms with van der Waals surface area (Å²) in [6, 6.07) is 16.9. The van der Waals surface area contributed by atoms with Gasteiger partial charge in [-0.2, -0.15) is 0 Å². The zero-order valence-electron chi connectivity index (χ0n) is 17.8. The fourth-order valence-corrected chi connectivity index (χ4v) is 2.65. The Labute approximate surface area is 182 Å². The second-order valence-electron chi connectivity index (χ2n) is 6.84. The number of nitrogens with zero attached hydrogens (tertiary/aromatic N) is 1. The van der Waals surface area contributed by atoms with Crippen LogP contribution in [0.25, 0.3) is 0 Å².